The Morgan fingerprint density at radius 1 is 1.09 bits per heavy atom. The van der Waals surface area contributed by atoms with Crippen LogP contribution in [0.2, 0.25) is 0 Å². The number of rotatable bonds is 5. The zero-order valence-electron chi connectivity index (χ0n) is 13.4. The minimum absolute atomic E-state index is 0.222. The summed E-state index contributed by atoms with van der Waals surface area (Å²) in [6, 6.07) is 3.86. The van der Waals surface area contributed by atoms with E-state index in [1.165, 1.54) is 19.3 Å². The van der Waals surface area contributed by atoms with Crippen molar-refractivity contribution >= 4 is 5.78 Å². The van der Waals surface area contributed by atoms with Gasteiger partial charge in [-0.1, -0.05) is 13.3 Å². The van der Waals surface area contributed by atoms with E-state index < -0.39 is 0 Å². The second-order valence-electron chi connectivity index (χ2n) is 6.08. The van der Waals surface area contributed by atoms with Gasteiger partial charge in [-0.2, -0.15) is 0 Å². The third-order valence-corrected chi connectivity index (χ3v) is 4.55. The molecule has 0 amide bonds. The first-order chi connectivity index (χ1) is 10.8. The molecule has 4 nitrogen and oxygen atoms in total. The first kappa shape index (κ1) is 15.3. The molecule has 2 aliphatic rings. The van der Waals surface area contributed by atoms with Gasteiger partial charge in [-0.25, -0.2) is 0 Å². The van der Waals surface area contributed by atoms with E-state index in [-0.39, 0.29) is 5.78 Å². The highest BCUT2D eigenvalue weighted by Gasteiger charge is 2.20. The molecule has 0 N–H and O–H groups in total. The molecule has 0 aromatic heterocycles. The van der Waals surface area contributed by atoms with Crippen LogP contribution in [0.15, 0.2) is 12.1 Å². The number of piperidine rings is 1. The highest BCUT2D eigenvalue weighted by Crippen LogP contribution is 2.34. The van der Waals surface area contributed by atoms with Crippen LogP contribution >= 0.6 is 0 Å². The Labute approximate surface area is 132 Å². The van der Waals surface area contributed by atoms with Gasteiger partial charge in [0.15, 0.2) is 17.3 Å². The van der Waals surface area contributed by atoms with Crippen molar-refractivity contribution in [3.8, 4) is 11.5 Å². The predicted molar refractivity (Wildman–Crippen MR) is 86.0 cm³/mol. The van der Waals surface area contributed by atoms with Gasteiger partial charge in [-0.3, -0.25) is 4.79 Å². The number of benzene rings is 1. The third-order valence-electron chi connectivity index (χ3n) is 4.55. The number of carbonyl (C=O) groups excluding carboxylic acids is 1. The molecule has 2 aliphatic heterocycles. The van der Waals surface area contributed by atoms with E-state index in [0.717, 1.165) is 42.9 Å². The van der Waals surface area contributed by atoms with E-state index in [4.69, 9.17) is 9.47 Å². The second-order valence-corrected chi connectivity index (χ2v) is 6.08. The number of nitrogens with zero attached hydrogens (tertiary/aromatic N) is 1. The van der Waals surface area contributed by atoms with Crippen LogP contribution in [0.25, 0.3) is 0 Å². The minimum Gasteiger partial charge on any atom is -0.486 e. The van der Waals surface area contributed by atoms with E-state index in [1.807, 2.05) is 12.1 Å². The molecule has 0 atom stereocenters. The van der Waals surface area contributed by atoms with E-state index in [9.17, 15) is 4.79 Å². The zero-order valence-corrected chi connectivity index (χ0v) is 13.4. The third kappa shape index (κ3) is 3.43. The second kappa shape index (κ2) is 7.14. The number of hydrogen-bond donors (Lipinski definition) is 0. The number of Topliss-reactive ketones (excluding diaryl/α,β-unsaturated/α-hetero) is 1. The molecule has 0 saturated carbocycles. The van der Waals surface area contributed by atoms with E-state index in [2.05, 4.69) is 11.8 Å². The Balaban J connectivity index is 1.70. The minimum atomic E-state index is 0.222. The molecule has 0 unspecified atom stereocenters. The number of fused-ring (bicyclic) bond motifs is 1. The van der Waals surface area contributed by atoms with Crippen LogP contribution in [-0.4, -0.2) is 43.5 Å². The molecule has 2 heterocycles. The first-order valence-corrected chi connectivity index (χ1v) is 8.46. The first-order valence-electron chi connectivity index (χ1n) is 8.46. The summed E-state index contributed by atoms with van der Waals surface area (Å²) >= 11 is 0. The van der Waals surface area contributed by atoms with Gasteiger partial charge in [0.2, 0.25) is 0 Å². The maximum atomic E-state index is 12.6. The number of ketones is 1. The van der Waals surface area contributed by atoms with Crippen molar-refractivity contribution in [2.45, 2.75) is 39.0 Å². The molecule has 0 aliphatic carbocycles. The number of ether oxygens (including phenoxy) is 2. The van der Waals surface area contributed by atoms with Gasteiger partial charge in [0.25, 0.3) is 0 Å². The molecule has 0 spiro atoms. The van der Waals surface area contributed by atoms with Crippen LogP contribution in [0.4, 0.5) is 0 Å². The van der Waals surface area contributed by atoms with Crippen LogP contribution in [0.3, 0.4) is 0 Å². The van der Waals surface area contributed by atoms with Crippen molar-refractivity contribution in [2.24, 2.45) is 0 Å². The summed E-state index contributed by atoms with van der Waals surface area (Å²) in [5.41, 5.74) is 1.87. The Morgan fingerprint density at radius 2 is 1.77 bits per heavy atom. The van der Waals surface area contributed by atoms with Crippen molar-refractivity contribution < 1.29 is 14.3 Å². The Bertz CT molecular complexity index is 535. The quantitative estimate of drug-likeness (QED) is 0.784. The molecule has 1 saturated heterocycles. The average Bonchev–Trinajstić information content (AvgIpc) is 2.59. The fourth-order valence-corrected chi connectivity index (χ4v) is 3.26. The standard InChI is InChI=1S/C18H25NO3/c1-2-14-12-17-18(22-11-10-21-17)13-15(14)16(20)6-9-19-7-4-3-5-8-19/h12-13H,2-11H2,1H3. The molecule has 0 radical (unpaired) electrons. The zero-order chi connectivity index (χ0) is 15.4. The molecule has 1 fully saturated rings. The summed E-state index contributed by atoms with van der Waals surface area (Å²) in [6.45, 7) is 6.35. The number of likely N-dealkylation sites (tertiary alicyclic amines) is 1. The van der Waals surface area contributed by atoms with Gasteiger partial charge in [-0.05, 0) is 50.0 Å². The van der Waals surface area contributed by atoms with Crippen molar-refractivity contribution in [2.75, 3.05) is 32.8 Å². The fraction of sp³-hybridized carbons (Fsp3) is 0.611. The number of hydrogen-bond acceptors (Lipinski definition) is 4. The molecule has 1 aromatic carbocycles. The summed E-state index contributed by atoms with van der Waals surface area (Å²) in [4.78, 5) is 15.0. The predicted octanol–water partition coefficient (Wildman–Crippen LogP) is 3.08. The van der Waals surface area contributed by atoms with Crippen molar-refractivity contribution in [3.05, 3.63) is 23.3 Å². The molecule has 3 rings (SSSR count). The highest BCUT2D eigenvalue weighted by atomic mass is 16.6. The van der Waals surface area contributed by atoms with Crippen LogP contribution in [0.5, 0.6) is 11.5 Å². The van der Waals surface area contributed by atoms with E-state index in [0.29, 0.717) is 25.4 Å². The SMILES string of the molecule is CCc1cc2c(cc1C(=O)CCN1CCCCC1)OCCO2. The molecule has 22 heavy (non-hydrogen) atoms. The van der Waals surface area contributed by atoms with Gasteiger partial charge in [-0.15, -0.1) is 0 Å². The molecule has 120 valence electrons. The fourth-order valence-electron chi connectivity index (χ4n) is 3.26. The summed E-state index contributed by atoms with van der Waals surface area (Å²) in [5, 5.41) is 0. The lowest BCUT2D eigenvalue weighted by atomic mass is 9.98. The van der Waals surface area contributed by atoms with Crippen LogP contribution < -0.4 is 9.47 Å². The smallest absolute Gasteiger partial charge is 0.164 e. The summed E-state index contributed by atoms with van der Waals surface area (Å²) in [6.07, 6.45) is 5.28. The summed E-state index contributed by atoms with van der Waals surface area (Å²) in [7, 11) is 0. The lowest BCUT2D eigenvalue weighted by Crippen LogP contribution is -2.31. The lowest BCUT2D eigenvalue weighted by Gasteiger charge is -2.26. The summed E-state index contributed by atoms with van der Waals surface area (Å²) < 4.78 is 11.2. The van der Waals surface area contributed by atoms with E-state index in [1.54, 1.807) is 0 Å². The van der Waals surface area contributed by atoms with Crippen LogP contribution in [0, 0.1) is 0 Å². The molecule has 0 bridgehead atoms. The van der Waals surface area contributed by atoms with Crippen molar-refractivity contribution in [1.29, 1.82) is 0 Å². The highest BCUT2D eigenvalue weighted by molar-refractivity contribution is 5.98. The topological polar surface area (TPSA) is 38.8 Å². The van der Waals surface area contributed by atoms with Crippen molar-refractivity contribution in [1.82, 2.24) is 4.90 Å². The lowest BCUT2D eigenvalue weighted by molar-refractivity contribution is 0.0956. The van der Waals surface area contributed by atoms with Gasteiger partial charge >= 0.3 is 0 Å². The average molecular weight is 303 g/mol. The number of carbonyl (C=O) groups is 1. The Kier molecular flexibility index (Phi) is 4.98. The summed E-state index contributed by atoms with van der Waals surface area (Å²) in [5.74, 6) is 1.71. The molecule has 4 heteroatoms. The van der Waals surface area contributed by atoms with Gasteiger partial charge in [0, 0.05) is 18.5 Å². The Morgan fingerprint density at radius 3 is 2.45 bits per heavy atom. The van der Waals surface area contributed by atoms with Gasteiger partial charge in [0.05, 0.1) is 0 Å². The van der Waals surface area contributed by atoms with E-state index >= 15 is 0 Å². The molecule has 1 aromatic rings. The molecular formula is C18H25NO3. The van der Waals surface area contributed by atoms with Gasteiger partial charge in [0.1, 0.15) is 13.2 Å². The van der Waals surface area contributed by atoms with Crippen LogP contribution in [0.1, 0.15) is 48.5 Å². The maximum Gasteiger partial charge on any atom is 0.164 e. The Hall–Kier alpha value is -1.55. The normalized spacial score (nSPS) is 18.2. The largest absolute Gasteiger partial charge is 0.486 e. The van der Waals surface area contributed by atoms with Gasteiger partial charge < -0.3 is 14.4 Å². The maximum absolute atomic E-state index is 12.6. The molecular weight excluding hydrogens is 278 g/mol. The van der Waals surface area contributed by atoms with Crippen LogP contribution in [-0.2, 0) is 6.42 Å². The van der Waals surface area contributed by atoms with Crippen molar-refractivity contribution in [3.63, 3.8) is 0 Å². The number of aryl methyl sites for hydroxylation is 1. The monoisotopic (exact) mass is 303 g/mol.